The fraction of sp³-hybridized carbons (Fsp3) is 0.538. The third kappa shape index (κ3) is 4.55. The lowest BCUT2D eigenvalue weighted by Crippen LogP contribution is -2.26. The standard InChI is InChI=1S/C13H18F2N2O2/c1-10-11(9-18)12(15)8-16-13(10)19-7-6-17(2)5-3-4-14/h8-9H,3-7H2,1-2H3. The third-order valence-corrected chi connectivity index (χ3v) is 2.78. The number of ether oxygens (including phenoxy) is 1. The molecule has 19 heavy (non-hydrogen) atoms. The van der Waals surface area contributed by atoms with Crippen molar-refractivity contribution in [1.29, 1.82) is 0 Å². The van der Waals surface area contributed by atoms with E-state index in [0.717, 1.165) is 6.20 Å². The van der Waals surface area contributed by atoms with Crippen LogP contribution in [0.1, 0.15) is 22.3 Å². The second-order valence-corrected chi connectivity index (χ2v) is 4.26. The average molecular weight is 272 g/mol. The number of hydrogen-bond acceptors (Lipinski definition) is 4. The highest BCUT2D eigenvalue weighted by Gasteiger charge is 2.11. The lowest BCUT2D eigenvalue weighted by atomic mass is 10.1. The highest BCUT2D eigenvalue weighted by atomic mass is 19.1. The van der Waals surface area contributed by atoms with Crippen LogP contribution in [0.4, 0.5) is 8.78 Å². The average Bonchev–Trinajstić information content (AvgIpc) is 2.39. The molecule has 0 N–H and O–H groups in total. The van der Waals surface area contributed by atoms with E-state index >= 15 is 0 Å². The zero-order chi connectivity index (χ0) is 14.3. The molecule has 0 amide bonds. The van der Waals surface area contributed by atoms with Gasteiger partial charge in [-0.15, -0.1) is 0 Å². The van der Waals surface area contributed by atoms with Crippen LogP contribution in [0, 0.1) is 12.7 Å². The molecular formula is C13H18F2N2O2. The topological polar surface area (TPSA) is 42.4 Å². The number of carbonyl (C=O) groups excluding carboxylic acids is 1. The van der Waals surface area contributed by atoms with E-state index in [1.807, 2.05) is 11.9 Å². The van der Waals surface area contributed by atoms with Crippen molar-refractivity contribution in [3.05, 3.63) is 23.1 Å². The minimum Gasteiger partial charge on any atom is -0.476 e. The van der Waals surface area contributed by atoms with Crippen molar-refractivity contribution in [2.75, 3.05) is 33.4 Å². The Hall–Kier alpha value is -1.56. The van der Waals surface area contributed by atoms with Gasteiger partial charge in [0.15, 0.2) is 12.1 Å². The Bertz CT molecular complexity index is 427. The van der Waals surface area contributed by atoms with Gasteiger partial charge in [0.05, 0.1) is 18.4 Å². The van der Waals surface area contributed by atoms with Crippen LogP contribution in [0.3, 0.4) is 0 Å². The van der Waals surface area contributed by atoms with E-state index in [2.05, 4.69) is 4.98 Å². The largest absolute Gasteiger partial charge is 0.476 e. The molecule has 6 heteroatoms. The van der Waals surface area contributed by atoms with Crippen LogP contribution < -0.4 is 4.74 Å². The van der Waals surface area contributed by atoms with Gasteiger partial charge in [-0.25, -0.2) is 9.37 Å². The number of halogens is 2. The smallest absolute Gasteiger partial charge is 0.217 e. The number of nitrogens with zero attached hydrogens (tertiary/aromatic N) is 2. The molecule has 1 aromatic rings. The first-order valence-electron chi connectivity index (χ1n) is 6.07. The number of aromatic nitrogens is 1. The first-order chi connectivity index (χ1) is 9.10. The Morgan fingerprint density at radius 1 is 1.47 bits per heavy atom. The van der Waals surface area contributed by atoms with Crippen LogP contribution in [0.2, 0.25) is 0 Å². The van der Waals surface area contributed by atoms with Crippen molar-refractivity contribution in [3.63, 3.8) is 0 Å². The Kier molecular flexibility index (Phi) is 6.35. The van der Waals surface area contributed by atoms with Gasteiger partial charge in [0, 0.05) is 18.7 Å². The lowest BCUT2D eigenvalue weighted by molar-refractivity contribution is 0.111. The SMILES string of the molecule is Cc1c(OCCN(C)CCCF)ncc(F)c1C=O. The molecule has 1 heterocycles. The maximum Gasteiger partial charge on any atom is 0.217 e. The molecule has 0 atom stereocenters. The van der Waals surface area contributed by atoms with Crippen molar-refractivity contribution < 1.29 is 18.3 Å². The van der Waals surface area contributed by atoms with E-state index in [1.54, 1.807) is 6.92 Å². The maximum absolute atomic E-state index is 13.2. The molecular weight excluding hydrogens is 254 g/mol. The molecule has 0 aliphatic rings. The molecule has 0 bridgehead atoms. The molecule has 0 aliphatic carbocycles. The second kappa shape index (κ2) is 7.78. The van der Waals surface area contributed by atoms with Crippen LogP contribution in [0.5, 0.6) is 5.88 Å². The minimum absolute atomic E-state index is 0.0317. The van der Waals surface area contributed by atoms with E-state index in [9.17, 15) is 13.6 Å². The number of aldehydes is 1. The van der Waals surface area contributed by atoms with Gasteiger partial charge in [0.1, 0.15) is 6.61 Å². The summed E-state index contributed by atoms with van der Waals surface area (Å²) in [5, 5.41) is 0. The van der Waals surface area contributed by atoms with Gasteiger partial charge in [-0.1, -0.05) is 0 Å². The summed E-state index contributed by atoms with van der Waals surface area (Å²) in [6.07, 6.45) is 1.91. The summed E-state index contributed by atoms with van der Waals surface area (Å²) in [6, 6.07) is 0. The molecule has 106 valence electrons. The van der Waals surface area contributed by atoms with Gasteiger partial charge in [-0.2, -0.15) is 0 Å². The van der Waals surface area contributed by atoms with Gasteiger partial charge in [-0.3, -0.25) is 9.18 Å². The molecule has 0 spiro atoms. The van der Waals surface area contributed by atoms with Crippen LogP contribution in [0.15, 0.2) is 6.20 Å². The quantitative estimate of drug-likeness (QED) is 0.679. The number of pyridine rings is 1. The van der Waals surface area contributed by atoms with E-state index in [1.165, 1.54) is 0 Å². The Morgan fingerprint density at radius 2 is 2.21 bits per heavy atom. The molecule has 0 aromatic carbocycles. The molecule has 1 aromatic heterocycles. The zero-order valence-corrected chi connectivity index (χ0v) is 11.2. The minimum atomic E-state index is -0.653. The summed E-state index contributed by atoms with van der Waals surface area (Å²) in [5.74, 6) is -0.401. The van der Waals surface area contributed by atoms with Crippen LogP contribution in [-0.2, 0) is 0 Å². The van der Waals surface area contributed by atoms with Crippen molar-refractivity contribution in [3.8, 4) is 5.88 Å². The third-order valence-electron chi connectivity index (χ3n) is 2.78. The van der Waals surface area contributed by atoms with Crippen molar-refractivity contribution in [2.45, 2.75) is 13.3 Å². The number of rotatable bonds is 8. The van der Waals surface area contributed by atoms with Crippen LogP contribution in [0.25, 0.3) is 0 Å². The first kappa shape index (κ1) is 15.5. The second-order valence-electron chi connectivity index (χ2n) is 4.26. The molecule has 0 unspecified atom stereocenters. The van der Waals surface area contributed by atoms with Gasteiger partial charge in [0.25, 0.3) is 0 Å². The Labute approximate surface area is 111 Å². The monoisotopic (exact) mass is 272 g/mol. The van der Waals surface area contributed by atoms with Crippen molar-refractivity contribution in [1.82, 2.24) is 9.88 Å². The fourth-order valence-electron chi connectivity index (χ4n) is 1.61. The van der Waals surface area contributed by atoms with Gasteiger partial charge in [0.2, 0.25) is 5.88 Å². The predicted molar refractivity (Wildman–Crippen MR) is 67.9 cm³/mol. The summed E-state index contributed by atoms with van der Waals surface area (Å²) in [7, 11) is 1.86. The number of likely N-dealkylation sites (N-methyl/N-ethyl adjacent to an activating group) is 1. The predicted octanol–water partition coefficient (Wildman–Crippen LogP) is 2.01. The molecule has 0 saturated carbocycles. The summed E-state index contributed by atoms with van der Waals surface area (Å²) < 4.78 is 30.6. The summed E-state index contributed by atoms with van der Waals surface area (Å²) >= 11 is 0. The van der Waals surface area contributed by atoms with Crippen LogP contribution >= 0.6 is 0 Å². The molecule has 0 fully saturated rings. The fourth-order valence-corrected chi connectivity index (χ4v) is 1.61. The Balaban J connectivity index is 2.52. The maximum atomic E-state index is 13.2. The normalized spacial score (nSPS) is 10.8. The summed E-state index contributed by atoms with van der Waals surface area (Å²) in [4.78, 5) is 16.5. The molecule has 4 nitrogen and oxygen atoms in total. The highest BCUT2D eigenvalue weighted by molar-refractivity contribution is 5.78. The van der Waals surface area contributed by atoms with Crippen LogP contribution in [-0.4, -0.2) is 49.6 Å². The van der Waals surface area contributed by atoms with E-state index in [0.29, 0.717) is 38.0 Å². The van der Waals surface area contributed by atoms with Gasteiger partial charge >= 0.3 is 0 Å². The van der Waals surface area contributed by atoms with Crippen molar-refractivity contribution >= 4 is 6.29 Å². The van der Waals surface area contributed by atoms with E-state index in [4.69, 9.17) is 4.74 Å². The number of alkyl halides is 1. The molecule has 0 saturated heterocycles. The first-order valence-corrected chi connectivity index (χ1v) is 6.07. The molecule has 0 aliphatic heterocycles. The Morgan fingerprint density at radius 3 is 2.84 bits per heavy atom. The zero-order valence-electron chi connectivity index (χ0n) is 11.2. The molecule has 0 radical (unpaired) electrons. The van der Waals surface area contributed by atoms with Gasteiger partial charge in [-0.05, 0) is 20.4 Å². The van der Waals surface area contributed by atoms with Crippen molar-refractivity contribution in [2.24, 2.45) is 0 Å². The highest BCUT2D eigenvalue weighted by Crippen LogP contribution is 2.19. The molecule has 1 rings (SSSR count). The number of hydrogen-bond donors (Lipinski definition) is 0. The lowest BCUT2D eigenvalue weighted by Gasteiger charge is -2.16. The van der Waals surface area contributed by atoms with E-state index < -0.39 is 5.82 Å². The number of carbonyl (C=O) groups is 1. The van der Waals surface area contributed by atoms with Gasteiger partial charge < -0.3 is 9.64 Å². The summed E-state index contributed by atoms with van der Waals surface area (Å²) in [5.41, 5.74) is 0.359. The van der Waals surface area contributed by atoms with E-state index in [-0.39, 0.29) is 18.1 Å². The summed E-state index contributed by atoms with van der Waals surface area (Å²) in [6.45, 7) is 2.85.